The van der Waals surface area contributed by atoms with Gasteiger partial charge in [-0.3, -0.25) is 4.90 Å². The van der Waals surface area contributed by atoms with Crippen molar-refractivity contribution in [1.82, 2.24) is 9.88 Å². The van der Waals surface area contributed by atoms with Crippen molar-refractivity contribution in [3.05, 3.63) is 58.3 Å². The number of benzene rings is 2. The van der Waals surface area contributed by atoms with Gasteiger partial charge in [0.05, 0.1) is 5.56 Å². The van der Waals surface area contributed by atoms with Crippen molar-refractivity contribution in [3.63, 3.8) is 0 Å². The number of aromatic amines is 1. The summed E-state index contributed by atoms with van der Waals surface area (Å²) in [6, 6.07) is 10.6. The third-order valence-electron chi connectivity index (χ3n) is 6.32. The van der Waals surface area contributed by atoms with Crippen molar-refractivity contribution in [2.45, 2.75) is 50.3 Å². The Balaban J connectivity index is 1.59. The highest BCUT2D eigenvalue weighted by molar-refractivity contribution is 7.98. The number of aromatic carboxylic acids is 1. The first-order valence-corrected chi connectivity index (χ1v) is 11.8. The molecular formula is C24H26N2O3S. The molecule has 0 bridgehead atoms. The van der Waals surface area contributed by atoms with Gasteiger partial charge in [-0.1, -0.05) is 19.4 Å². The molecule has 0 spiro atoms. The Hall–Kier alpha value is -2.44. The number of fused-ring (bicyclic) bond motifs is 6. The lowest BCUT2D eigenvalue weighted by atomic mass is 9.94. The van der Waals surface area contributed by atoms with Crippen LogP contribution in [0.3, 0.4) is 0 Å². The maximum absolute atomic E-state index is 12.2. The van der Waals surface area contributed by atoms with E-state index in [1.54, 1.807) is 11.8 Å². The SMILES string of the molecule is CCCCc1[nH]c2ccc3c(c2c1C(=O)O)CN1CCc2cc(SC)ccc2C1O3. The van der Waals surface area contributed by atoms with Gasteiger partial charge in [0.25, 0.3) is 0 Å². The Labute approximate surface area is 180 Å². The van der Waals surface area contributed by atoms with Crippen LogP contribution in [0.4, 0.5) is 0 Å². The smallest absolute Gasteiger partial charge is 0.338 e. The quantitative estimate of drug-likeness (QED) is 0.541. The van der Waals surface area contributed by atoms with Crippen molar-refractivity contribution in [1.29, 1.82) is 0 Å². The minimum absolute atomic E-state index is 0.110. The van der Waals surface area contributed by atoms with E-state index in [9.17, 15) is 9.90 Å². The fourth-order valence-electron chi connectivity index (χ4n) is 4.81. The highest BCUT2D eigenvalue weighted by Gasteiger charge is 2.35. The van der Waals surface area contributed by atoms with Gasteiger partial charge < -0.3 is 14.8 Å². The second-order valence-corrected chi connectivity index (χ2v) is 8.99. The number of aryl methyl sites for hydroxylation is 1. The lowest BCUT2D eigenvalue weighted by molar-refractivity contribution is -0.00961. The number of H-pyrrole nitrogens is 1. The molecule has 2 N–H and O–H groups in total. The molecule has 2 aliphatic heterocycles. The minimum atomic E-state index is -0.864. The maximum Gasteiger partial charge on any atom is 0.338 e. The summed E-state index contributed by atoms with van der Waals surface area (Å²) in [5, 5.41) is 10.8. The summed E-state index contributed by atoms with van der Waals surface area (Å²) in [5.74, 6) is -0.0643. The largest absolute Gasteiger partial charge is 0.478 e. The molecule has 1 aromatic heterocycles. The van der Waals surface area contributed by atoms with Crippen LogP contribution in [-0.4, -0.2) is 33.8 Å². The van der Waals surface area contributed by atoms with Crippen LogP contribution in [0.2, 0.25) is 0 Å². The highest BCUT2D eigenvalue weighted by Crippen LogP contribution is 2.43. The first-order chi connectivity index (χ1) is 14.6. The molecule has 30 heavy (non-hydrogen) atoms. The molecular weight excluding hydrogens is 396 g/mol. The van der Waals surface area contributed by atoms with Gasteiger partial charge in [0.2, 0.25) is 0 Å². The van der Waals surface area contributed by atoms with Crippen molar-refractivity contribution >= 4 is 28.6 Å². The van der Waals surface area contributed by atoms with Gasteiger partial charge in [0, 0.05) is 45.7 Å². The Morgan fingerprint density at radius 2 is 2.20 bits per heavy atom. The molecule has 0 saturated carbocycles. The van der Waals surface area contributed by atoms with E-state index in [4.69, 9.17) is 4.74 Å². The monoisotopic (exact) mass is 422 g/mol. The van der Waals surface area contributed by atoms with Crippen LogP contribution in [0.5, 0.6) is 5.75 Å². The Bertz CT molecular complexity index is 1140. The molecule has 0 aliphatic carbocycles. The number of hydrogen-bond acceptors (Lipinski definition) is 4. The second kappa shape index (κ2) is 7.67. The molecule has 5 rings (SSSR count). The van der Waals surface area contributed by atoms with E-state index in [0.29, 0.717) is 12.1 Å². The minimum Gasteiger partial charge on any atom is -0.478 e. The molecule has 2 aromatic carbocycles. The van der Waals surface area contributed by atoms with E-state index >= 15 is 0 Å². The third-order valence-corrected chi connectivity index (χ3v) is 7.04. The molecule has 5 nitrogen and oxygen atoms in total. The summed E-state index contributed by atoms with van der Waals surface area (Å²) in [6.07, 6.45) is 5.72. The third kappa shape index (κ3) is 3.10. The average molecular weight is 423 g/mol. The molecule has 0 fully saturated rings. The van der Waals surface area contributed by atoms with Crippen LogP contribution in [0, 0.1) is 0 Å². The van der Waals surface area contributed by atoms with Gasteiger partial charge in [-0.05, 0) is 55.3 Å². The number of nitrogens with zero attached hydrogens (tertiary/aromatic N) is 1. The molecule has 6 heteroatoms. The predicted octanol–water partition coefficient (Wildman–Crippen LogP) is 5.38. The Morgan fingerprint density at radius 1 is 1.33 bits per heavy atom. The summed E-state index contributed by atoms with van der Waals surface area (Å²) in [7, 11) is 0. The first kappa shape index (κ1) is 19.5. The van der Waals surface area contributed by atoms with Crippen LogP contribution >= 0.6 is 11.8 Å². The van der Waals surface area contributed by atoms with E-state index in [-0.39, 0.29) is 6.23 Å². The number of rotatable bonds is 5. The van der Waals surface area contributed by atoms with Crippen molar-refractivity contribution in [2.75, 3.05) is 12.8 Å². The van der Waals surface area contributed by atoms with Gasteiger partial charge in [-0.25, -0.2) is 4.79 Å². The van der Waals surface area contributed by atoms with E-state index in [2.05, 4.69) is 41.3 Å². The molecule has 0 radical (unpaired) electrons. The number of ether oxygens (including phenoxy) is 1. The molecule has 2 aliphatic rings. The summed E-state index contributed by atoms with van der Waals surface area (Å²) in [5.41, 5.74) is 5.69. The number of carboxylic acid groups (broad SMARTS) is 1. The van der Waals surface area contributed by atoms with E-state index in [1.807, 2.05) is 12.1 Å². The standard InChI is InChI=1S/C24H26N2O3S/c1-3-4-5-18-22(24(27)28)21-17-13-26-11-10-14-12-15(30-2)6-7-16(14)23(26)29-20(17)9-8-19(21)25-18/h6-9,12,23,25H,3-5,10-11,13H2,1-2H3,(H,27,28). The van der Waals surface area contributed by atoms with E-state index in [1.165, 1.54) is 16.0 Å². The molecule has 1 atom stereocenters. The van der Waals surface area contributed by atoms with Gasteiger partial charge in [-0.2, -0.15) is 0 Å². The Kier molecular flexibility index (Phi) is 4.99. The fraction of sp³-hybridized carbons (Fsp3) is 0.375. The van der Waals surface area contributed by atoms with Crippen molar-refractivity contribution < 1.29 is 14.6 Å². The van der Waals surface area contributed by atoms with Crippen LogP contribution in [0.1, 0.15) is 58.7 Å². The number of carboxylic acids is 1. The maximum atomic E-state index is 12.2. The molecule has 156 valence electrons. The molecule has 3 aromatic rings. The highest BCUT2D eigenvalue weighted by atomic mass is 32.2. The number of unbranched alkanes of at least 4 members (excludes halogenated alkanes) is 1. The lowest BCUT2D eigenvalue weighted by Crippen LogP contribution is -2.40. The van der Waals surface area contributed by atoms with Crippen LogP contribution in [0.25, 0.3) is 10.9 Å². The van der Waals surface area contributed by atoms with Crippen LogP contribution in [0.15, 0.2) is 35.2 Å². The summed E-state index contributed by atoms with van der Waals surface area (Å²) in [6.45, 7) is 3.72. The zero-order valence-corrected chi connectivity index (χ0v) is 18.1. The van der Waals surface area contributed by atoms with Crippen LogP contribution in [-0.2, 0) is 19.4 Å². The molecule has 0 amide bonds. The molecule has 1 unspecified atom stereocenters. The van der Waals surface area contributed by atoms with Gasteiger partial charge >= 0.3 is 5.97 Å². The number of aromatic nitrogens is 1. The summed E-state index contributed by atoms with van der Waals surface area (Å²) >= 11 is 1.76. The molecule has 3 heterocycles. The normalized spacial score (nSPS) is 17.9. The number of nitrogens with one attached hydrogen (secondary N) is 1. The molecule has 0 saturated heterocycles. The lowest BCUT2D eigenvalue weighted by Gasteiger charge is -2.41. The Morgan fingerprint density at radius 3 is 2.97 bits per heavy atom. The summed E-state index contributed by atoms with van der Waals surface area (Å²) in [4.78, 5) is 19.2. The second-order valence-electron chi connectivity index (χ2n) is 8.11. The zero-order valence-electron chi connectivity index (χ0n) is 17.3. The van der Waals surface area contributed by atoms with E-state index < -0.39 is 5.97 Å². The van der Waals surface area contributed by atoms with Crippen molar-refractivity contribution in [3.8, 4) is 5.75 Å². The van der Waals surface area contributed by atoms with Crippen molar-refractivity contribution in [2.24, 2.45) is 0 Å². The predicted molar refractivity (Wildman–Crippen MR) is 120 cm³/mol. The first-order valence-electron chi connectivity index (χ1n) is 10.6. The van der Waals surface area contributed by atoms with Gasteiger partial charge in [0.15, 0.2) is 6.23 Å². The van der Waals surface area contributed by atoms with Gasteiger partial charge in [-0.15, -0.1) is 11.8 Å². The number of thioether (sulfide) groups is 1. The summed E-state index contributed by atoms with van der Waals surface area (Å²) < 4.78 is 6.48. The van der Waals surface area contributed by atoms with Gasteiger partial charge in [0.1, 0.15) is 5.75 Å². The fourth-order valence-corrected chi connectivity index (χ4v) is 5.27. The van der Waals surface area contributed by atoms with E-state index in [0.717, 1.165) is 60.1 Å². The average Bonchev–Trinajstić information content (AvgIpc) is 3.15. The topological polar surface area (TPSA) is 65.6 Å². The zero-order chi connectivity index (χ0) is 20.8. The van der Waals surface area contributed by atoms with Crippen LogP contribution < -0.4 is 4.74 Å². The number of hydrogen-bond donors (Lipinski definition) is 2. The number of carbonyl (C=O) groups is 1.